The van der Waals surface area contributed by atoms with Crippen LogP contribution in [0, 0.1) is 18.3 Å². The van der Waals surface area contributed by atoms with Gasteiger partial charge < -0.3 is 5.73 Å². The molecule has 1 aliphatic rings. The maximum Gasteiger partial charge on any atom is 0.00905 e. The Morgan fingerprint density at radius 3 is 2.00 bits per heavy atom. The molecule has 53 valence electrons. The van der Waals surface area contributed by atoms with Crippen LogP contribution in [0.1, 0.15) is 26.7 Å². The van der Waals surface area contributed by atoms with E-state index in [2.05, 4.69) is 20.3 Å². The van der Waals surface area contributed by atoms with Crippen LogP contribution in [0.3, 0.4) is 0 Å². The Kier molecular flexibility index (Phi) is 2.12. The molecule has 0 bridgehead atoms. The average Bonchev–Trinajstić information content (AvgIpc) is 1.83. The van der Waals surface area contributed by atoms with E-state index in [4.69, 9.17) is 5.73 Å². The predicted octanol–water partition coefficient (Wildman–Crippen LogP) is 1.58. The molecule has 1 nitrogen and oxygen atoms in total. The highest BCUT2D eigenvalue weighted by molar-refractivity contribution is 4.88. The largest absolute Gasteiger partial charge is 0.327 e. The van der Waals surface area contributed by atoms with E-state index in [9.17, 15) is 0 Å². The van der Waals surface area contributed by atoms with Crippen LogP contribution in [0.2, 0.25) is 0 Å². The zero-order valence-electron chi connectivity index (χ0n) is 6.30. The molecule has 1 rings (SSSR count). The van der Waals surface area contributed by atoms with Gasteiger partial charge in [0.25, 0.3) is 0 Å². The highest BCUT2D eigenvalue weighted by atomic mass is 14.7. The molecule has 0 aromatic carbocycles. The van der Waals surface area contributed by atoms with Gasteiger partial charge in [0.05, 0.1) is 0 Å². The van der Waals surface area contributed by atoms with Gasteiger partial charge in [0.1, 0.15) is 0 Å². The first-order chi connectivity index (χ1) is 4.22. The summed E-state index contributed by atoms with van der Waals surface area (Å²) in [6.07, 6.45) is 4.79. The second-order valence-corrected chi connectivity index (χ2v) is 3.29. The van der Waals surface area contributed by atoms with Crippen LogP contribution >= 0.6 is 0 Å². The monoisotopic (exact) mass is 126 g/mol. The third-order valence-corrected chi connectivity index (χ3v) is 2.39. The molecular weight excluding hydrogens is 110 g/mol. The van der Waals surface area contributed by atoms with Crippen molar-refractivity contribution in [3.63, 3.8) is 0 Å². The summed E-state index contributed by atoms with van der Waals surface area (Å²) in [6, 6.07) is 0.440. The maximum atomic E-state index is 5.90. The van der Waals surface area contributed by atoms with Crippen molar-refractivity contribution in [2.75, 3.05) is 0 Å². The highest BCUT2D eigenvalue weighted by Gasteiger charge is 2.23. The topological polar surface area (TPSA) is 26.0 Å². The van der Waals surface area contributed by atoms with Crippen molar-refractivity contribution in [2.24, 2.45) is 17.6 Å². The molecule has 9 heavy (non-hydrogen) atoms. The van der Waals surface area contributed by atoms with Crippen LogP contribution in [-0.2, 0) is 0 Å². The van der Waals surface area contributed by atoms with Gasteiger partial charge in [-0.25, -0.2) is 0 Å². The van der Waals surface area contributed by atoms with Gasteiger partial charge in [0.2, 0.25) is 0 Å². The van der Waals surface area contributed by atoms with Crippen LogP contribution in [0.25, 0.3) is 0 Å². The zero-order chi connectivity index (χ0) is 6.85. The standard InChI is InChI=1S/C8H16N/c1-6-4-3-5-7(2)8(6)9/h3,6-8H,4-5,9H2,1-2H3. The van der Waals surface area contributed by atoms with E-state index < -0.39 is 0 Å². The average molecular weight is 126 g/mol. The lowest BCUT2D eigenvalue weighted by Crippen LogP contribution is -2.38. The summed E-state index contributed by atoms with van der Waals surface area (Å²) in [4.78, 5) is 0. The van der Waals surface area contributed by atoms with Gasteiger partial charge in [0.15, 0.2) is 0 Å². The Bertz CT molecular complexity index is 80.6. The molecule has 1 saturated carbocycles. The second-order valence-electron chi connectivity index (χ2n) is 3.29. The molecule has 0 amide bonds. The van der Waals surface area contributed by atoms with Crippen molar-refractivity contribution in [3.8, 4) is 0 Å². The minimum Gasteiger partial charge on any atom is -0.327 e. The molecule has 2 N–H and O–H groups in total. The highest BCUT2D eigenvalue weighted by Crippen LogP contribution is 2.25. The third kappa shape index (κ3) is 1.45. The van der Waals surface area contributed by atoms with Crippen molar-refractivity contribution in [1.82, 2.24) is 0 Å². The molecule has 0 heterocycles. The summed E-state index contributed by atoms with van der Waals surface area (Å²) in [7, 11) is 0. The summed E-state index contributed by atoms with van der Waals surface area (Å²) in [5, 5.41) is 0. The number of hydrogen-bond donors (Lipinski definition) is 1. The van der Waals surface area contributed by atoms with E-state index in [0.29, 0.717) is 17.9 Å². The lowest BCUT2D eigenvalue weighted by atomic mass is 9.79. The molecule has 1 fully saturated rings. The molecule has 2 unspecified atom stereocenters. The lowest BCUT2D eigenvalue weighted by Gasteiger charge is -2.30. The van der Waals surface area contributed by atoms with Gasteiger partial charge in [-0.15, -0.1) is 0 Å². The number of rotatable bonds is 0. The molecule has 1 radical (unpaired) electrons. The summed E-state index contributed by atoms with van der Waals surface area (Å²) in [6.45, 7) is 4.47. The fourth-order valence-corrected chi connectivity index (χ4v) is 1.50. The number of hydrogen-bond acceptors (Lipinski definition) is 1. The minimum atomic E-state index is 0.440. The Hall–Kier alpha value is -0.0400. The Labute approximate surface area is 57.6 Å². The smallest absolute Gasteiger partial charge is 0.00905 e. The number of nitrogens with two attached hydrogens (primary N) is 1. The third-order valence-electron chi connectivity index (χ3n) is 2.39. The lowest BCUT2D eigenvalue weighted by molar-refractivity contribution is 0.294. The maximum absolute atomic E-state index is 5.90. The zero-order valence-corrected chi connectivity index (χ0v) is 6.30. The fourth-order valence-electron chi connectivity index (χ4n) is 1.50. The van der Waals surface area contributed by atoms with Gasteiger partial charge in [-0.05, 0) is 31.1 Å². The normalized spacial score (nSPS) is 45.0. The van der Waals surface area contributed by atoms with Gasteiger partial charge in [-0.2, -0.15) is 0 Å². The van der Waals surface area contributed by atoms with Gasteiger partial charge in [-0.1, -0.05) is 13.8 Å². The van der Waals surface area contributed by atoms with E-state index in [-0.39, 0.29) is 0 Å². The van der Waals surface area contributed by atoms with E-state index in [1.165, 1.54) is 12.8 Å². The van der Waals surface area contributed by atoms with Gasteiger partial charge in [0, 0.05) is 6.04 Å². The summed E-state index contributed by atoms with van der Waals surface area (Å²) in [5.74, 6) is 1.41. The quantitative estimate of drug-likeness (QED) is 0.524. The Balaban J connectivity index is 2.41. The van der Waals surface area contributed by atoms with Crippen molar-refractivity contribution in [2.45, 2.75) is 32.7 Å². The summed E-state index contributed by atoms with van der Waals surface area (Å²) < 4.78 is 0. The van der Waals surface area contributed by atoms with Crippen LogP contribution in [-0.4, -0.2) is 6.04 Å². The van der Waals surface area contributed by atoms with E-state index in [0.717, 1.165) is 0 Å². The molecule has 0 saturated heterocycles. The molecule has 0 aliphatic heterocycles. The van der Waals surface area contributed by atoms with E-state index >= 15 is 0 Å². The van der Waals surface area contributed by atoms with Gasteiger partial charge >= 0.3 is 0 Å². The molecule has 0 aromatic rings. The first kappa shape index (κ1) is 7.07. The molecule has 0 spiro atoms. The van der Waals surface area contributed by atoms with Crippen LogP contribution in [0.15, 0.2) is 0 Å². The fraction of sp³-hybridized carbons (Fsp3) is 0.875. The first-order valence-corrected chi connectivity index (χ1v) is 3.79. The Morgan fingerprint density at radius 1 is 1.22 bits per heavy atom. The van der Waals surface area contributed by atoms with Crippen molar-refractivity contribution in [1.29, 1.82) is 0 Å². The second kappa shape index (κ2) is 2.70. The predicted molar refractivity (Wildman–Crippen MR) is 39.8 cm³/mol. The Morgan fingerprint density at radius 2 is 1.67 bits per heavy atom. The minimum absolute atomic E-state index is 0.440. The SMILES string of the molecule is CC1C[CH]CC(C)C1N. The van der Waals surface area contributed by atoms with Gasteiger partial charge in [-0.3, -0.25) is 0 Å². The van der Waals surface area contributed by atoms with Crippen LogP contribution < -0.4 is 5.73 Å². The molecule has 1 aliphatic carbocycles. The molecule has 1 heteroatoms. The molecular formula is C8H16N. The van der Waals surface area contributed by atoms with E-state index in [1.807, 2.05) is 0 Å². The summed E-state index contributed by atoms with van der Waals surface area (Å²) >= 11 is 0. The summed E-state index contributed by atoms with van der Waals surface area (Å²) in [5.41, 5.74) is 5.90. The first-order valence-electron chi connectivity index (χ1n) is 3.79. The molecule has 0 aromatic heterocycles. The van der Waals surface area contributed by atoms with Crippen LogP contribution in [0.4, 0.5) is 0 Å². The van der Waals surface area contributed by atoms with E-state index in [1.54, 1.807) is 0 Å². The molecule has 2 atom stereocenters. The van der Waals surface area contributed by atoms with Crippen LogP contribution in [0.5, 0.6) is 0 Å². The van der Waals surface area contributed by atoms with Crippen molar-refractivity contribution >= 4 is 0 Å². The van der Waals surface area contributed by atoms with Crippen molar-refractivity contribution in [3.05, 3.63) is 6.42 Å². The van der Waals surface area contributed by atoms with Crippen molar-refractivity contribution < 1.29 is 0 Å².